The molecule has 1 unspecified atom stereocenters. The number of hydrogen-bond acceptors (Lipinski definition) is 4. The number of hydrogen-bond donors (Lipinski definition) is 1. The van der Waals surface area contributed by atoms with E-state index in [0.29, 0.717) is 25.2 Å². The minimum absolute atomic E-state index is 0.0765. The van der Waals surface area contributed by atoms with Crippen LogP contribution in [0.25, 0.3) is 0 Å². The van der Waals surface area contributed by atoms with Gasteiger partial charge >= 0.3 is 0 Å². The highest BCUT2D eigenvalue weighted by molar-refractivity contribution is 7.89. The fourth-order valence-electron chi connectivity index (χ4n) is 2.93. The Morgan fingerprint density at radius 1 is 1.08 bits per heavy atom. The summed E-state index contributed by atoms with van der Waals surface area (Å²) in [5.74, 6) is -0.280. The molecule has 0 aromatic heterocycles. The molecule has 1 fully saturated rings. The standard InChI is InChI=1S/C18H20N2O3S/c1-14-13-19-11-12-20(14)24(22,23)17-10-6-5-9-16(17)18(21)15-7-3-2-4-8-15/h2-10,14,19H,11-13H2,1H3. The molecule has 24 heavy (non-hydrogen) atoms. The maximum Gasteiger partial charge on any atom is 0.244 e. The number of rotatable bonds is 4. The highest BCUT2D eigenvalue weighted by atomic mass is 32.2. The monoisotopic (exact) mass is 344 g/mol. The van der Waals surface area contributed by atoms with E-state index in [1.165, 1.54) is 10.4 Å². The summed E-state index contributed by atoms with van der Waals surface area (Å²) in [5, 5.41) is 3.18. The Balaban J connectivity index is 2.05. The maximum atomic E-state index is 13.1. The van der Waals surface area contributed by atoms with Crippen LogP contribution >= 0.6 is 0 Å². The Kier molecular flexibility index (Phi) is 4.80. The maximum absolute atomic E-state index is 13.1. The number of nitrogens with zero attached hydrogens (tertiary/aromatic N) is 1. The zero-order valence-electron chi connectivity index (χ0n) is 13.5. The number of carbonyl (C=O) groups is 1. The van der Waals surface area contributed by atoms with Gasteiger partial charge in [0, 0.05) is 36.8 Å². The van der Waals surface area contributed by atoms with E-state index >= 15 is 0 Å². The number of sulfonamides is 1. The summed E-state index contributed by atoms with van der Waals surface area (Å²) in [5.41, 5.74) is 0.697. The molecule has 1 N–H and O–H groups in total. The van der Waals surface area contributed by atoms with Gasteiger partial charge in [-0.25, -0.2) is 8.42 Å². The highest BCUT2D eigenvalue weighted by Crippen LogP contribution is 2.24. The third-order valence-electron chi connectivity index (χ3n) is 4.19. The van der Waals surface area contributed by atoms with E-state index in [2.05, 4.69) is 5.32 Å². The Morgan fingerprint density at radius 2 is 1.75 bits per heavy atom. The molecule has 1 heterocycles. The van der Waals surface area contributed by atoms with Crippen molar-refractivity contribution in [3.8, 4) is 0 Å². The van der Waals surface area contributed by atoms with E-state index in [-0.39, 0.29) is 22.3 Å². The van der Waals surface area contributed by atoms with Crippen molar-refractivity contribution in [3.63, 3.8) is 0 Å². The first-order valence-corrected chi connectivity index (χ1v) is 9.37. The Labute approximate surface area is 142 Å². The molecule has 0 saturated carbocycles. The lowest BCUT2D eigenvalue weighted by molar-refractivity contribution is 0.103. The van der Waals surface area contributed by atoms with Crippen LogP contribution in [0.15, 0.2) is 59.5 Å². The van der Waals surface area contributed by atoms with E-state index in [1.807, 2.05) is 13.0 Å². The molecule has 0 bridgehead atoms. The van der Waals surface area contributed by atoms with Crippen LogP contribution in [0.2, 0.25) is 0 Å². The van der Waals surface area contributed by atoms with Gasteiger partial charge in [0.25, 0.3) is 0 Å². The average molecular weight is 344 g/mol. The molecule has 2 aromatic carbocycles. The number of ketones is 1. The van der Waals surface area contributed by atoms with Crippen LogP contribution in [0.4, 0.5) is 0 Å². The second kappa shape index (κ2) is 6.84. The average Bonchev–Trinajstić information content (AvgIpc) is 2.62. The molecule has 0 radical (unpaired) electrons. The van der Waals surface area contributed by atoms with Gasteiger partial charge in [0.15, 0.2) is 5.78 Å². The van der Waals surface area contributed by atoms with Gasteiger partial charge in [0.05, 0.1) is 4.90 Å². The van der Waals surface area contributed by atoms with Gasteiger partial charge in [-0.05, 0) is 19.1 Å². The number of benzene rings is 2. The van der Waals surface area contributed by atoms with Crippen molar-refractivity contribution >= 4 is 15.8 Å². The largest absolute Gasteiger partial charge is 0.314 e. The van der Waals surface area contributed by atoms with Crippen LogP contribution in [0.3, 0.4) is 0 Å². The molecule has 0 spiro atoms. The lowest BCUT2D eigenvalue weighted by atomic mass is 10.0. The summed E-state index contributed by atoms with van der Waals surface area (Å²) in [7, 11) is -3.72. The van der Waals surface area contributed by atoms with Crippen LogP contribution in [0, 0.1) is 0 Å². The Morgan fingerprint density at radius 3 is 2.46 bits per heavy atom. The summed E-state index contributed by atoms with van der Waals surface area (Å²) in [6, 6.07) is 15.0. The molecule has 5 nitrogen and oxygen atoms in total. The smallest absolute Gasteiger partial charge is 0.244 e. The number of piperazine rings is 1. The topological polar surface area (TPSA) is 66.5 Å². The molecule has 2 aromatic rings. The van der Waals surface area contributed by atoms with E-state index in [4.69, 9.17) is 0 Å². The fourth-order valence-corrected chi connectivity index (χ4v) is 4.75. The minimum Gasteiger partial charge on any atom is -0.314 e. The zero-order valence-corrected chi connectivity index (χ0v) is 14.3. The van der Waals surface area contributed by atoms with Gasteiger partial charge in [0.2, 0.25) is 10.0 Å². The van der Waals surface area contributed by atoms with Gasteiger partial charge in [-0.1, -0.05) is 42.5 Å². The summed E-state index contributed by atoms with van der Waals surface area (Å²) in [6.45, 7) is 3.48. The molecular weight excluding hydrogens is 324 g/mol. The Hall–Kier alpha value is -2.02. The first kappa shape index (κ1) is 16.8. The molecular formula is C18H20N2O3S. The second-order valence-corrected chi connectivity index (χ2v) is 7.72. The van der Waals surface area contributed by atoms with Gasteiger partial charge in [-0.3, -0.25) is 4.79 Å². The highest BCUT2D eigenvalue weighted by Gasteiger charge is 2.33. The Bertz CT molecular complexity index is 834. The molecule has 6 heteroatoms. The van der Waals surface area contributed by atoms with E-state index < -0.39 is 10.0 Å². The number of nitrogens with one attached hydrogen (secondary N) is 1. The third-order valence-corrected chi connectivity index (χ3v) is 6.27. The van der Waals surface area contributed by atoms with Crippen LogP contribution < -0.4 is 5.32 Å². The van der Waals surface area contributed by atoms with Gasteiger partial charge in [0.1, 0.15) is 0 Å². The van der Waals surface area contributed by atoms with Crippen molar-refractivity contribution < 1.29 is 13.2 Å². The second-order valence-electron chi connectivity index (χ2n) is 5.86. The quantitative estimate of drug-likeness (QED) is 0.861. The summed E-state index contributed by atoms with van der Waals surface area (Å²) in [4.78, 5) is 12.9. The summed E-state index contributed by atoms with van der Waals surface area (Å²) < 4.78 is 27.7. The molecule has 126 valence electrons. The van der Waals surface area contributed by atoms with Crippen molar-refractivity contribution in [1.29, 1.82) is 0 Å². The molecule has 1 aliphatic heterocycles. The fraction of sp³-hybridized carbons (Fsp3) is 0.278. The first-order chi connectivity index (χ1) is 11.5. The van der Waals surface area contributed by atoms with Crippen molar-refractivity contribution in [2.45, 2.75) is 17.9 Å². The summed E-state index contributed by atoms with van der Waals surface area (Å²) in [6.07, 6.45) is 0. The number of carbonyl (C=O) groups excluding carboxylic acids is 1. The van der Waals surface area contributed by atoms with Crippen molar-refractivity contribution in [3.05, 3.63) is 65.7 Å². The van der Waals surface area contributed by atoms with Crippen LogP contribution in [-0.4, -0.2) is 44.2 Å². The van der Waals surface area contributed by atoms with Crippen LogP contribution in [-0.2, 0) is 10.0 Å². The van der Waals surface area contributed by atoms with Crippen molar-refractivity contribution in [1.82, 2.24) is 9.62 Å². The SMILES string of the molecule is CC1CNCCN1S(=O)(=O)c1ccccc1C(=O)c1ccccc1. The van der Waals surface area contributed by atoms with E-state index in [0.717, 1.165) is 0 Å². The summed E-state index contributed by atoms with van der Waals surface area (Å²) >= 11 is 0. The minimum atomic E-state index is -3.72. The van der Waals surface area contributed by atoms with Gasteiger partial charge in [-0.2, -0.15) is 4.31 Å². The molecule has 1 atom stereocenters. The van der Waals surface area contributed by atoms with Gasteiger partial charge in [-0.15, -0.1) is 0 Å². The van der Waals surface area contributed by atoms with Crippen molar-refractivity contribution in [2.75, 3.05) is 19.6 Å². The molecule has 0 aliphatic carbocycles. The van der Waals surface area contributed by atoms with Gasteiger partial charge < -0.3 is 5.32 Å². The van der Waals surface area contributed by atoms with E-state index in [9.17, 15) is 13.2 Å². The molecule has 3 rings (SSSR count). The lowest BCUT2D eigenvalue weighted by Gasteiger charge is -2.33. The molecule has 1 aliphatic rings. The van der Waals surface area contributed by atoms with Crippen molar-refractivity contribution in [2.24, 2.45) is 0 Å². The van der Waals surface area contributed by atoms with E-state index in [1.54, 1.807) is 42.5 Å². The predicted octanol–water partition coefficient (Wildman–Crippen LogP) is 1.90. The molecule has 1 saturated heterocycles. The first-order valence-electron chi connectivity index (χ1n) is 7.93. The normalized spacial score (nSPS) is 19.1. The van der Waals surface area contributed by atoms with Crippen LogP contribution in [0.5, 0.6) is 0 Å². The van der Waals surface area contributed by atoms with Crippen LogP contribution in [0.1, 0.15) is 22.8 Å². The third kappa shape index (κ3) is 3.13. The lowest BCUT2D eigenvalue weighted by Crippen LogP contribution is -2.52. The molecule has 0 amide bonds. The predicted molar refractivity (Wildman–Crippen MR) is 92.5 cm³/mol. The zero-order chi connectivity index (χ0) is 17.2.